The first kappa shape index (κ1) is 15.9. The first-order valence-corrected chi connectivity index (χ1v) is 7.60. The van der Waals surface area contributed by atoms with Crippen LogP contribution in [-0.2, 0) is 11.3 Å². The highest BCUT2D eigenvalue weighted by molar-refractivity contribution is 6.30. The fourth-order valence-electron chi connectivity index (χ4n) is 2.08. The molecule has 0 aliphatic heterocycles. The van der Waals surface area contributed by atoms with E-state index in [0.717, 1.165) is 11.1 Å². The Morgan fingerprint density at radius 3 is 2.83 bits per heavy atom. The van der Waals surface area contributed by atoms with Crippen molar-refractivity contribution in [3.8, 4) is 5.82 Å². The molecule has 1 N–H and O–H groups in total. The number of hydrogen-bond acceptors (Lipinski definition) is 4. The molecule has 120 valence electrons. The van der Waals surface area contributed by atoms with Crippen LogP contribution in [0.2, 0.25) is 5.02 Å². The van der Waals surface area contributed by atoms with E-state index >= 15 is 0 Å². The second kappa shape index (κ2) is 7.52. The molecule has 0 saturated carbocycles. The highest BCUT2D eigenvalue weighted by Gasteiger charge is 2.07. The lowest BCUT2D eigenvalue weighted by Crippen LogP contribution is -2.21. The number of pyridine rings is 1. The summed E-state index contributed by atoms with van der Waals surface area (Å²) >= 11 is 5.83. The van der Waals surface area contributed by atoms with Gasteiger partial charge in [-0.1, -0.05) is 29.8 Å². The quantitative estimate of drug-likeness (QED) is 0.725. The maximum atomic E-state index is 12.0. The Labute approximate surface area is 143 Å². The van der Waals surface area contributed by atoms with Gasteiger partial charge in [0, 0.05) is 29.4 Å². The van der Waals surface area contributed by atoms with Crippen LogP contribution in [0, 0.1) is 0 Å². The molecule has 1 amide bonds. The molecule has 2 aromatic heterocycles. The zero-order valence-corrected chi connectivity index (χ0v) is 13.4. The Hall–Kier alpha value is -2.99. The van der Waals surface area contributed by atoms with Gasteiger partial charge in [0.15, 0.2) is 5.82 Å². The number of aromatic nitrogens is 4. The first-order chi connectivity index (χ1) is 11.7. The number of rotatable bonds is 5. The van der Waals surface area contributed by atoms with E-state index in [-0.39, 0.29) is 5.91 Å². The number of hydrogen-bond donors (Lipinski definition) is 1. The monoisotopic (exact) mass is 339 g/mol. The van der Waals surface area contributed by atoms with E-state index in [1.807, 2.05) is 24.3 Å². The van der Waals surface area contributed by atoms with Gasteiger partial charge in [-0.3, -0.25) is 4.79 Å². The van der Waals surface area contributed by atoms with Crippen LogP contribution in [0.25, 0.3) is 11.9 Å². The van der Waals surface area contributed by atoms with Crippen molar-refractivity contribution in [3.63, 3.8) is 0 Å². The van der Waals surface area contributed by atoms with Gasteiger partial charge in [0.25, 0.3) is 0 Å². The van der Waals surface area contributed by atoms with Gasteiger partial charge in [-0.25, -0.2) is 14.6 Å². The second-order valence-corrected chi connectivity index (χ2v) is 5.37. The lowest BCUT2D eigenvalue weighted by Gasteiger charge is -2.08. The minimum absolute atomic E-state index is 0.196. The van der Waals surface area contributed by atoms with Crippen molar-refractivity contribution < 1.29 is 4.79 Å². The lowest BCUT2D eigenvalue weighted by molar-refractivity contribution is -0.116. The van der Waals surface area contributed by atoms with Crippen molar-refractivity contribution in [2.75, 3.05) is 0 Å². The van der Waals surface area contributed by atoms with Gasteiger partial charge >= 0.3 is 0 Å². The Morgan fingerprint density at radius 1 is 1.25 bits per heavy atom. The van der Waals surface area contributed by atoms with E-state index in [4.69, 9.17) is 11.6 Å². The van der Waals surface area contributed by atoms with E-state index in [1.165, 1.54) is 12.4 Å². The molecule has 1 aromatic carbocycles. The highest BCUT2D eigenvalue weighted by atomic mass is 35.5. The summed E-state index contributed by atoms with van der Waals surface area (Å²) in [6.07, 6.45) is 7.88. The highest BCUT2D eigenvalue weighted by Crippen LogP contribution is 2.11. The molecule has 0 radical (unpaired) electrons. The molecule has 0 aliphatic rings. The van der Waals surface area contributed by atoms with Crippen molar-refractivity contribution >= 4 is 23.6 Å². The summed E-state index contributed by atoms with van der Waals surface area (Å²) in [6, 6.07) is 10.9. The molecule has 3 aromatic rings. The summed E-state index contributed by atoms with van der Waals surface area (Å²) in [5, 5.41) is 7.55. The summed E-state index contributed by atoms with van der Waals surface area (Å²) in [7, 11) is 0. The van der Waals surface area contributed by atoms with E-state index < -0.39 is 0 Å². The fourth-order valence-corrected chi connectivity index (χ4v) is 2.21. The summed E-state index contributed by atoms with van der Waals surface area (Å²) in [6.45, 7) is 0.340. The van der Waals surface area contributed by atoms with Crippen molar-refractivity contribution in [2.24, 2.45) is 0 Å². The summed E-state index contributed by atoms with van der Waals surface area (Å²) in [5.41, 5.74) is 1.75. The third kappa shape index (κ3) is 4.05. The topological polar surface area (TPSA) is 72.7 Å². The first-order valence-electron chi connectivity index (χ1n) is 7.23. The van der Waals surface area contributed by atoms with Crippen LogP contribution in [0.1, 0.15) is 11.1 Å². The number of nitrogens with one attached hydrogen (secondary N) is 1. The molecule has 0 aliphatic carbocycles. The Bertz CT molecular complexity index is 844. The minimum atomic E-state index is -0.196. The van der Waals surface area contributed by atoms with Crippen LogP contribution >= 0.6 is 11.6 Å². The van der Waals surface area contributed by atoms with Gasteiger partial charge in [-0.15, -0.1) is 0 Å². The molecular weight excluding hydrogens is 326 g/mol. The standard InChI is InChI=1S/C17H14ClN5O/c18-15-6-3-13(4-7-15)5-8-16(24)21-10-14-2-1-9-20-17(14)23-12-19-11-22-23/h1-9,11-12H,10H2,(H,21,24). The lowest BCUT2D eigenvalue weighted by atomic mass is 10.2. The molecule has 0 spiro atoms. The van der Waals surface area contributed by atoms with Crippen molar-refractivity contribution in [2.45, 2.75) is 6.54 Å². The number of halogens is 1. The Morgan fingerprint density at radius 2 is 2.08 bits per heavy atom. The summed E-state index contributed by atoms with van der Waals surface area (Å²) < 4.78 is 1.56. The van der Waals surface area contributed by atoms with E-state index in [2.05, 4.69) is 20.4 Å². The molecule has 2 heterocycles. The van der Waals surface area contributed by atoms with Gasteiger partial charge in [0.1, 0.15) is 12.7 Å². The number of benzene rings is 1. The summed E-state index contributed by atoms with van der Waals surface area (Å²) in [4.78, 5) is 20.2. The third-order valence-electron chi connectivity index (χ3n) is 3.25. The van der Waals surface area contributed by atoms with E-state index in [0.29, 0.717) is 17.4 Å². The van der Waals surface area contributed by atoms with Crippen molar-refractivity contribution in [3.05, 3.63) is 77.5 Å². The fraction of sp³-hybridized carbons (Fsp3) is 0.0588. The smallest absolute Gasteiger partial charge is 0.244 e. The normalized spacial score (nSPS) is 10.9. The predicted molar refractivity (Wildman–Crippen MR) is 91.5 cm³/mol. The molecule has 0 fully saturated rings. The molecule has 0 saturated heterocycles. The molecule has 7 heteroatoms. The van der Waals surface area contributed by atoms with Crippen LogP contribution in [-0.4, -0.2) is 25.7 Å². The van der Waals surface area contributed by atoms with Gasteiger partial charge < -0.3 is 5.32 Å². The van der Waals surface area contributed by atoms with Crippen molar-refractivity contribution in [1.29, 1.82) is 0 Å². The number of carbonyl (C=O) groups is 1. The molecule has 6 nitrogen and oxygen atoms in total. The SMILES string of the molecule is O=C(C=Cc1ccc(Cl)cc1)NCc1cccnc1-n1cncn1. The molecule has 3 rings (SSSR count). The second-order valence-electron chi connectivity index (χ2n) is 4.93. The largest absolute Gasteiger partial charge is 0.348 e. The van der Waals surface area contributed by atoms with Crippen LogP contribution < -0.4 is 5.32 Å². The van der Waals surface area contributed by atoms with Crippen LogP contribution in [0.15, 0.2) is 61.3 Å². The average molecular weight is 340 g/mol. The number of carbonyl (C=O) groups excluding carboxylic acids is 1. The van der Waals surface area contributed by atoms with Crippen LogP contribution in [0.4, 0.5) is 0 Å². The molecule has 24 heavy (non-hydrogen) atoms. The van der Waals surface area contributed by atoms with Crippen LogP contribution in [0.3, 0.4) is 0 Å². The number of nitrogens with zero attached hydrogens (tertiary/aromatic N) is 4. The summed E-state index contributed by atoms with van der Waals surface area (Å²) in [5.74, 6) is 0.440. The number of amides is 1. The van der Waals surface area contributed by atoms with Gasteiger partial charge in [-0.2, -0.15) is 5.10 Å². The third-order valence-corrected chi connectivity index (χ3v) is 3.51. The van der Waals surface area contributed by atoms with Gasteiger partial charge in [-0.05, 0) is 29.8 Å². The maximum absolute atomic E-state index is 12.0. The molecule has 0 bridgehead atoms. The van der Waals surface area contributed by atoms with Gasteiger partial charge in [0.05, 0.1) is 0 Å². The van der Waals surface area contributed by atoms with Gasteiger partial charge in [0.2, 0.25) is 5.91 Å². The minimum Gasteiger partial charge on any atom is -0.348 e. The molecule has 0 atom stereocenters. The zero-order chi connectivity index (χ0) is 16.8. The van der Waals surface area contributed by atoms with E-state index in [9.17, 15) is 4.79 Å². The Kier molecular flexibility index (Phi) is 4.98. The van der Waals surface area contributed by atoms with Crippen molar-refractivity contribution in [1.82, 2.24) is 25.1 Å². The van der Waals surface area contributed by atoms with E-state index in [1.54, 1.807) is 35.4 Å². The molecular formula is C17H14ClN5O. The van der Waals surface area contributed by atoms with Crippen LogP contribution in [0.5, 0.6) is 0 Å². The molecule has 0 unspecified atom stereocenters. The average Bonchev–Trinajstić information content (AvgIpc) is 3.14. The maximum Gasteiger partial charge on any atom is 0.244 e. The predicted octanol–water partition coefficient (Wildman–Crippen LogP) is 2.65. The zero-order valence-electron chi connectivity index (χ0n) is 12.6. The Balaban J connectivity index is 1.64.